The van der Waals surface area contributed by atoms with Crippen LogP contribution in [0.5, 0.6) is 0 Å². The molecule has 0 amide bonds. The molecular formula is C11H22NO5Se+. The molecule has 0 spiro atoms. The van der Waals surface area contributed by atoms with Gasteiger partial charge in [0.05, 0.1) is 0 Å². The summed E-state index contributed by atoms with van der Waals surface area (Å²) in [6, 6.07) is -0.810. The summed E-state index contributed by atoms with van der Waals surface area (Å²) in [7, 11) is 0. The summed E-state index contributed by atoms with van der Waals surface area (Å²) in [4.78, 5) is 10.6. The summed E-state index contributed by atoms with van der Waals surface area (Å²) >= 11 is -1.05. The van der Waals surface area contributed by atoms with Crippen LogP contribution in [0.15, 0.2) is 0 Å². The molecule has 1 rings (SSSR count). The first kappa shape index (κ1) is 15.9. The number of aliphatic carboxylic acids is 1. The fourth-order valence-corrected chi connectivity index (χ4v) is 5.37. The predicted molar refractivity (Wildman–Crippen MR) is 67.8 cm³/mol. The van der Waals surface area contributed by atoms with Crippen molar-refractivity contribution in [2.24, 2.45) is 5.73 Å². The number of carbonyl (C=O) groups is 1. The van der Waals surface area contributed by atoms with Gasteiger partial charge in [-0.15, -0.1) is 0 Å². The van der Waals surface area contributed by atoms with Gasteiger partial charge in [-0.1, -0.05) is 0 Å². The topological polar surface area (TPSA) is 113 Å². The standard InChI is InChI=1S/C11H21NO5Se/c1-6-9(13)10(14)8(17-6)5-18(2)4-3-7(12)11(15)16/h6-10,13-14H,3-5,12H2,1-2H3/p+1/t6?,7-,8?,9+,10-,18?/m1/s1. The molecule has 3 unspecified atom stereocenters. The average Bonchev–Trinajstić information content (AvgIpc) is 2.54. The number of hydrogen-bond donors (Lipinski definition) is 4. The van der Waals surface area contributed by atoms with E-state index < -0.39 is 38.1 Å². The molecule has 0 aliphatic carbocycles. The first-order chi connectivity index (χ1) is 8.32. The molecule has 1 aliphatic rings. The van der Waals surface area contributed by atoms with Gasteiger partial charge in [0.15, 0.2) is 0 Å². The molecule has 0 radical (unpaired) electrons. The third-order valence-electron chi connectivity index (χ3n) is 3.14. The maximum atomic E-state index is 10.6. The summed E-state index contributed by atoms with van der Waals surface area (Å²) in [5, 5.41) is 29.5. The summed E-state index contributed by atoms with van der Waals surface area (Å²) in [5.41, 5.74) is 5.44. The van der Waals surface area contributed by atoms with Crippen LogP contribution in [0.4, 0.5) is 0 Å². The Morgan fingerprint density at radius 2 is 2.06 bits per heavy atom. The summed E-state index contributed by atoms with van der Waals surface area (Å²) in [6.45, 7) is 1.74. The second kappa shape index (κ2) is 6.84. The Hall–Kier alpha value is -0.171. The van der Waals surface area contributed by atoms with E-state index in [1.807, 2.05) is 0 Å². The van der Waals surface area contributed by atoms with Crippen LogP contribution < -0.4 is 5.73 Å². The second-order valence-electron chi connectivity index (χ2n) is 4.75. The van der Waals surface area contributed by atoms with Gasteiger partial charge < -0.3 is 0 Å². The number of nitrogens with two attached hydrogens (primary N) is 1. The molecular weight excluding hydrogens is 305 g/mol. The Kier molecular flexibility index (Phi) is 6.04. The number of ether oxygens (including phenoxy) is 1. The SMILES string of the molecule is CC1OC(C[Se+](C)CC[C@@H](N)C(=O)O)[C@@H](O)[C@H]1O. The van der Waals surface area contributed by atoms with Gasteiger partial charge in [0.2, 0.25) is 0 Å². The zero-order valence-electron chi connectivity index (χ0n) is 10.7. The van der Waals surface area contributed by atoms with Crippen LogP contribution in [0.25, 0.3) is 0 Å². The van der Waals surface area contributed by atoms with Crippen molar-refractivity contribution in [1.82, 2.24) is 0 Å². The molecule has 1 heterocycles. The molecule has 0 aromatic carbocycles. The number of rotatable bonds is 6. The number of aliphatic hydroxyl groups is 2. The molecule has 1 aliphatic heterocycles. The Morgan fingerprint density at radius 3 is 2.50 bits per heavy atom. The first-order valence-electron chi connectivity index (χ1n) is 5.92. The van der Waals surface area contributed by atoms with Gasteiger partial charge in [0, 0.05) is 0 Å². The normalized spacial score (nSPS) is 35.4. The number of carboxylic acid groups (broad SMARTS) is 1. The van der Waals surface area contributed by atoms with Crippen molar-refractivity contribution < 1.29 is 24.9 Å². The molecule has 18 heavy (non-hydrogen) atoms. The fraction of sp³-hybridized carbons (Fsp3) is 0.909. The minimum atomic E-state index is -1.05. The zero-order chi connectivity index (χ0) is 13.9. The van der Waals surface area contributed by atoms with Crippen molar-refractivity contribution in [3.05, 3.63) is 0 Å². The van der Waals surface area contributed by atoms with E-state index in [0.29, 0.717) is 6.42 Å². The molecule has 5 N–H and O–H groups in total. The third-order valence-corrected chi connectivity index (χ3v) is 6.98. The number of hydrogen-bond acceptors (Lipinski definition) is 5. The molecule has 0 bridgehead atoms. The Bertz CT molecular complexity index is 291. The molecule has 0 aromatic heterocycles. The van der Waals surface area contributed by atoms with Crippen molar-refractivity contribution in [2.75, 3.05) is 0 Å². The van der Waals surface area contributed by atoms with E-state index in [0.717, 1.165) is 10.6 Å². The molecule has 6 atom stereocenters. The molecule has 6 nitrogen and oxygen atoms in total. The van der Waals surface area contributed by atoms with E-state index in [1.54, 1.807) is 6.92 Å². The van der Waals surface area contributed by atoms with Crippen molar-refractivity contribution in [3.63, 3.8) is 0 Å². The third kappa shape index (κ3) is 4.19. The minimum absolute atomic E-state index is 0.328. The maximum absolute atomic E-state index is 10.6. The van der Waals surface area contributed by atoms with Crippen LogP contribution >= 0.6 is 0 Å². The Labute approximate surface area is 111 Å². The Balaban J connectivity index is 2.32. The van der Waals surface area contributed by atoms with Crippen molar-refractivity contribution in [1.29, 1.82) is 0 Å². The van der Waals surface area contributed by atoms with E-state index in [-0.39, 0.29) is 12.2 Å². The first-order valence-corrected chi connectivity index (χ1v) is 10.1. The second-order valence-corrected chi connectivity index (χ2v) is 9.58. The predicted octanol–water partition coefficient (Wildman–Crippen LogP) is -0.578. The fourth-order valence-electron chi connectivity index (χ4n) is 1.89. The van der Waals surface area contributed by atoms with Gasteiger partial charge >= 0.3 is 111 Å². The average molecular weight is 327 g/mol. The number of aliphatic hydroxyl groups excluding tert-OH is 2. The van der Waals surface area contributed by atoms with E-state index in [2.05, 4.69) is 5.82 Å². The van der Waals surface area contributed by atoms with E-state index >= 15 is 0 Å². The van der Waals surface area contributed by atoms with E-state index in [1.165, 1.54) is 0 Å². The molecule has 1 saturated heterocycles. The van der Waals surface area contributed by atoms with Crippen molar-refractivity contribution >= 4 is 19.9 Å². The summed E-state index contributed by atoms with van der Waals surface area (Å²) in [6.07, 6.45) is -1.87. The zero-order valence-corrected chi connectivity index (χ0v) is 12.4. The van der Waals surface area contributed by atoms with Gasteiger partial charge in [-0.25, -0.2) is 0 Å². The molecule has 0 saturated carbocycles. The Morgan fingerprint density at radius 1 is 1.44 bits per heavy atom. The van der Waals surface area contributed by atoms with Gasteiger partial charge in [0.25, 0.3) is 0 Å². The number of carboxylic acids is 1. The molecule has 0 aromatic rings. The van der Waals surface area contributed by atoms with Crippen LogP contribution in [-0.2, 0) is 9.53 Å². The molecule has 1 fully saturated rings. The van der Waals surface area contributed by atoms with Crippen molar-refractivity contribution in [3.8, 4) is 0 Å². The van der Waals surface area contributed by atoms with Crippen molar-refractivity contribution in [2.45, 2.75) is 60.3 Å². The quantitative estimate of drug-likeness (QED) is 0.486. The van der Waals surface area contributed by atoms with Crippen LogP contribution in [0.3, 0.4) is 0 Å². The van der Waals surface area contributed by atoms with Gasteiger partial charge in [-0.05, 0) is 0 Å². The molecule has 106 valence electrons. The molecule has 7 heteroatoms. The van der Waals surface area contributed by atoms with Crippen LogP contribution in [-0.4, -0.2) is 65.6 Å². The van der Waals surface area contributed by atoms with Crippen LogP contribution in [0.2, 0.25) is 16.5 Å². The van der Waals surface area contributed by atoms with Gasteiger partial charge in [-0.2, -0.15) is 0 Å². The van der Waals surface area contributed by atoms with Crippen LogP contribution in [0, 0.1) is 0 Å². The van der Waals surface area contributed by atoms with Gasteiger partial charge in [0.1, 0.15) is 0 Å². The monoisotopic (exact) mass is 328 g/mol. The summed E-state index contributed by atoms with van der Waals surface area (Å²) < 4.78 is 5.49. The summed E-state index contributed by atoms with van der Waals surface area (Å²) in [5.74, 6) is 1.11. The van der Waals surface area contributed by atoms with E-state index in [9.17, 15) is 15.0 Å². The van der Waals surface area contributed by atoms with E-state index in [4.69, 9.17) is 15.6 Å². The van der Waals surface area contributed by atoms with Gasteiger partial charge in [-0.3, -0.25) is 0 Å². The van der Waals surface area contributed by atoms with Crippen LogP contribution in [0.1, 0.15) is 13.3 Å².